The summed E-state index contributed by atoms with van der Waals surface area (Å²) in [7, 11) is 0. The van der Waals surface area contributed by atoms with Gasteiger partial charge in [0.2, 0.25) is 5.91 Å². The molecule has 0 spiro atoms. The largest absolute Gasteiger partial charge is 0.480 e. The maximum atomic E-state index is 10.7. The molecular weight excluding hydrogens is 252 g/mol. The fourth-order valence-corrected chi connectivity index (χ4v) is 1.08. The number of hydrogen-bond acceptors (Lipinski definition) is 6. The fraction of sp³-hybridized carbons (Fsp3) is 0.500. The standard InChI is InChI=1S/C8H12N2O8/c9-3(11)1-2(6(13)14)10-4(7(15)16)5(12)8(17)18/h2,4-5,10,12H,1H2,(H2,9,11)(H,13,14)(H,15,16)(H,17,18). The zero-order chi connectivity index (χ0) is 14.5. The second kappa shape index (κ2) is 6.51. The molecule has 0 radical (unpaired) electrons. The summed E-state index contributed by atoms with van der Waals surface area (Å²) in [5.74, 6) is -6.25. The lowest BCUT2D eigenvalue weighted by Gasteiger charge is -2.21. The monoisotopic (exact) mass is 264 g/mol. The van der Waals surface area contributed by atoms with Crippen molar-refractivity contribution in [1.29, 1.82) is 0 Å². The Morgan fingerprint density at radius 1 is 1.00 bits per heavy atom. The van der Waals surface area contributed by atoms with Gasteiger partial charge < -0.3 is 26.2 Å². The molecule has 10 heteroatoms. The van der Waals surface area contributed by atoms with Crippen LogP contribution in [-0.4, -0.2) is 62.4 Å². The topological polar surface area (TPSA) is 187 Å². The molecule has 0 aliphatic heterocycles. The van der Waals surface area contributed by atoms with Crippen LogP contribution < -0.4 is 11.1 Å². The highest BCUT2D eigenvalue weighted by Gasteiger charge is 2.35. The molecule has 3 unspecified atom stereocenters. The van der Waals surface area contributed by atoms with Crippen molar-refractivity contribution >= 4 is 23.8 Å². The number of carbonyl (C=O) groups excluding carboxylic acids is 1. The van der Waals surface area contributed by atoms with Crippen molar-refractivity contribution in [2.75, 3.05) is 0 Å². The smallest absolute Gasteiger partial charge is 0.334 e. The van der Waals surface area contributed by atoms with Crippen LogP contribution in [0.1, 0.15) is 6.42 Å². The third-order valence-electron chi connectivity index (χ3n) is 1.92. The Labute approximate surface area is 100 Å². The van der Waals surface area contributed by atoms with Crippen LogP contribution in [-0.2, 0) is 19.2 Å². The van der Waals surface area contributed by atoms with Crippen molar-refractivity contribution in [2.45, 2.75) is 24.6 Å². The molecule has 0 aromatic rings. The molecule has 0 bridgehead atoms. The van der Waals surface area contributed by atoms with Gasteiger partial charge in [-0.1, -0.05) is 0 Å². The molecule has 0 saturated carbocycles. The molecule has 10 nitrogen and oxygen atoms in total. The Kier molecular flexibility index (Phi) is 5.72. The maximum Gasteiger partial charge on any atom is 0.334 e. The molecule has 0 rings (SSSR count). The van der Waals surface area contributed by atoms with Crippen molar-refractivity contribution in [1.82, 2.24) is 5.32 Å². The highest BCUT2D eigenvalue weighted by Crippen LogP contribution is 2.01. The molecule has 0 aliphatic rings. The predicted molar refractivity (Wildman–Crippen MR) is 53.4 cm³/mol. The first kappa shape index (κ1) is 15.8. The number of carboxylic acid groups (broad SMARTS) is 3. The van der Waals surface area contributed by atoms with Crippen LogP contribution in [0, 0.1) is 0 Å². The van der Waals surface area contributed by atoms with Gasteiger partial charge >= 0.3 is 17.9 Å². The van der Waals surface area contributed by atoms with Gasteiger partial charge in [-0.05, 0) is 0 Å². The van der Waals surface area contributed by atoms with E-state index in [0.717, 1.165) is 0 Å². The van der Waals surface area contributed by atoms with Gasteiger partial charge in [-0.25, -0.2) is 4.79 Å². The number of amides is 1. The molecule has 3 atom stereocenters. The van der Waals surface area contributed by atoms with Gasteiger partial charge in [0.05, 0.1) is 6.42 Å². The number of aliphatic hydroxyl groups is 1. The van der Waals surface area contributed by atoms with Gasteiger partial charge in [0.15, 0.2) is 6.10 Å². The van der Waals surface area contributed by atoms with Crippen LogP contribution in [0.15, 0.2) is 0 Å². The lowest BCUT2D eigenvalue weighted by molar-refractivity contribution is -0.157. The first-order chi connectivity index (χ1) is 8.16. The number of primary amides is 1. The summed E-state index contributed by atoms with van der Waals surface area (Å²) in [5.41, 5.74) is 4.75. The van der Waals surface area contributed by atoms with Crippen molar-refractivity contribution < 1.29 is 39.6 Å². The average Bonchev–Trinajstić information content (AvgIpc) is 2.21. The normalized spacial score (nSPS) is 15.4. The number of aliphatic hydroxyl groups excluding tert-OH is 1. The van der Waals surface area contributed by atoms with E-state index in [1.165, 1.54) is 0 Å². The van der Waals surface area contributed by atoms with E-state index in [-0.39, 0.29) is 0 Å². The van der Waals surface area contributed by atoms with Gasteiger partial charge in [0.1, 0.15) is 12.1 Å². The maximum absolute atomic E-state index is 10.7. The van der Waals surface area contributed by atoms with E-state index in [0.29, 0.717) is 0 Å². The highest BCUT2D eigenvalue weighted by atomic mass is 16.4. The second-order valence-corrected chi connectivity index (χ2v) is 3.33. The zero-order valence-corrected chi connectivity index (χ0v) is 8.94. The van der Waals surface area contributed by atoms with E-state index < -0.39 is 48.4 Å². The number of nitrogens with two attached hydrogens (primary N) is 1. The molecular formula is C8H12N2O8. The van der Waals surface area contributed by atoms with Gasteiger partial charge in [0.25, 0.3) is 0 Å². The minimum absolute atomic E-state index is 0.745. The summed E-state index contributed by atoms with van der Waals surface area (Å²) in [6.07, 6.45) is -3.11. The molecule has 0 aromatic carbocycles. The van der Waals surface area contributed by atoms with Crippen LogP contribution in [0.3, 0.4) is 0 Å². The van der Waals surface area contributed by atoms with Crippen molar-refractivity contribution in [2.24, 2.45) is 5.73 Å². The van der Waals surface area contributed by atoms with E-state index in [1.54, 1.807) is 0 Å². The Morgan fingerprint density at radius 2 is 1.50 bits per heavy atom. The summed E-state index contributed by atoms with van der Waals surface area (Å²) >= 11 is 0. The highest BCUT2D eigenvalue weighted by molar-refractivity contribution is 5.87. The van der Waals surface area contributed by atoms with E-state index in [1.807, 2.05) is 5.32 Å². The van der Waals surface area contributed by atoms with Crippen LogP contribution in [0.25, 0.3) is 0 Å². The Hall–Kier alpha value is -2.20. The van der Waals surface area contributed by atoms with Crippen LogP contribution in [0.2, 0.25) is 0 Å². The van der Waals surface area contributed by atoms with Crippen molar-refractivity contribution in [3.05, 3.63) is 0 Å². The van der Waals surface area contributed by atoms with Crippen LogP contribution >= 0.6 is 0 Å². The van der Waals surface area contributed by atoms with Gasteiger partial charge in [-0.3, -0.25) is 19.7 Å². The third kappa shape index (κ3) is 4.76. The number of carbonyl (C=O) groups is 4. The molecule has 0 saturated heterocycles. The Balaban J connectivity index is 4.93. The van der Waals surface area contributed by atoms with E-state index in [9.17, 15) is 19.2 Å². The van der Waals surface area contributed by atoms with Crippen molar-refractivity contribution in [3.8, 4) is 0 Å². The quantitative estimate of drug-likeness (QED) is 0.262. The summed E-state index contributed by atoms with van der Waals surface area (Å²) in [5, 5.41) is 36.7. The molecule has 0 aliphatic carbocycles. The minimum Gasteiger partial charge on any atom is -0.480 e. The number of aliphatic carboxylic acids is 3. The number of nitrogens with one attached hydrogen (secondary N) is 1. The fourth-order valence-electron chi connectivity index (χ4n) is 1.08. The zero-order valence-electron chi connectivity index (χ0n) is 8.94. The third-order valence-corrected chi connectivity index (χ3v) is 1.92. The minimum atomic E-state index is -2.36. The Bertz CT molecular complexity index is 368. The Morgan fingerprint density at radius 3 is 1.78 bits per heavy atom. The number of hydrogen-bond donors (Lipinski definition) is 6. The molecule has 102 valence electrons. The first-order valence-electron chi connectivity index (χ1n) is 4.57. The van der Waals surface area contributed by atoms with E-state index in [2.05, 4.69) is 0 Å². The lowest BCUT2D eigenvalue weighted by Crippen LogP contribution is -2.55. The summed E-state index contributed by atoms with van der Waals surface area (Å²) < 4.78 is 0. The van der Waals surface area contributed by atoms with Gasteiger partial charge in [-0.2, -0.15) is 0 Å². The molecule has 0 fully saturated rings. The van der Waals surface area contributed by atoms with E-state index >= 15 is 0 Å². The van der Waals surface area contributed by atoms with Crippen LogP contribution in [0.5, 0.6) is 0 Å². The summed E-state index contributed by atoms with van der Waals surface area (Å²) in [6, 6.07) is -3.79. The second-order valence-electron chi connectivity index (χ2n) is 3.33. The molecule has 7 N–H and O–H groups in total. The van der Waals surface area contributed by atoms with Gasteiger partial charge in [-0.15, -0.1) is 0 Å². The molecule has 0 heterocycles. The predicted octanol–water partition coefficient (Wildman–Crippen LogP) is -3.20. The summed E-state index contributed by atoms with van der Waals surface area (Å²) in [6.45, 7) is 0. The van der Waals surface area contributed by atoms with Crippen LogP contribution in [0.4, 0.5) is 0 Å². The SMILES string of the molecule is NC(=O)CC(NC(C(=O)O)C(O)C(=O)O)C(=O)O. The molecule has 0 aromatic heterocycles. The molecule has 18 heavy (non-hydrogen) atoms. The average molecular weight is 264 g/mol. The number of carboxylic acids is 3. The lowest BCUT2D eigenvalue weighted by atomic mass is 10.1. The summed E-state index contributed by atoms with van der Waals surface area (Å²) in [4.78, 5) is 42.4. The first-order valence-corrected chi connectivity index (χ1v) is 4.57. The van der Waals surface area contributed by atoms with Gasteiger partial charge in [0, 0.05) is 0 Å². The number of rotatable bonds is 8. The molecule has 1 amide bonds. The van der Waals surface area contributed by atoms with E-state index in [4.69, 9.17) is 26.2 Å². The van der Waals surface area contributed by atoms with Crippen molar-refractivity contribution in [3.63, 3.8) is 0 Å².